The van der Waals surface area contributed by atoms with E-state index in [4.69, 9.17) is 11.5 Å². The molecule has 74 heavy (non-hydrogen) atoms. The molecule has 390 valence electrons. The monoisotopic (exact) mass is 1010 g/mol. The number of hydrogen-bond donors (Lipinski definition) is 7. The van der Waals surface area contributed by atoms with Crippen molar-refractivity contribution in [1.29, 1.82) is 0 Å². The highest BCUT2D eigenvalue weighted by Crippen LogP contribution is 2.45. The Labute approximate surface area is 429 Å². The predicted octanol–water partition coefficient (Wildman–Crippen LogP) is 3.36. The van der Waals surface area contributed by atoms with E-state index in [1.54, 1.807) is 48.5 Å². The smallest absolute Gasteiger partial charge is 0.352 e. The van der Waals surface area contributed by atoms with Crippen LogP contribution in [0.1, 0.15) is 91.7 Å². The second-order valence-electron chi connectivity index (χ2n) is 19.2. The van der Waals surface area contributed by atoms with Crippen LogP contribution in [0.15, 0.2) is 124 Å². The van der Waals surface area contributed by atoms with Gasteiger partial charge in [-0.15, -0.1) is 0 Å². The number of guanidine groups is 1. The first-order valence-electron chi connectivity index (χ1n) is 25.6. The van der Waals surface area contributed by atoms with Gasteiger partial charge in [0.2, 0.25) is 17.7 Å². The van der Waals surface area contributed by atoms with Gasteiger partial charge in [-0.3, -0.25) is 34.4 Å². The van der Waals surface area contributed by atoms with Gasteiger partial charge in [-0.2, -0.15) is 9.36 Å². The number of aliphatic imine (C=N–C) groups is 1. The van der Waals surface area contributed by atoms with Gasteiger partial charge in [0.25, 0.3) is 5.91 Å². The summed E-state index contributed by atoms with van der Waals surface area (Å²) < 4.78 is 3.64. The summed E-state index contributed by atoms with van der Waals surface area (Å²) in [6, 6.07) is 31.3. The number of hydrogen-bond acceptors (Lipinski definition) is 10. The minimum Gasteiger partial charge on any atom is -0.370 e. The van der Waals surface area contributed by atoms with Crippen molar-refractivity contribution in [2.24, 2.45) is 21.9 Å². The normalized spacial score (nSPS) is 16.8. The molecule has 0 spiro atoms. The molecule has 5 aromatic rings. The maximum Gasteiger partial charge on any atom is 0.352 e. The lowest BCUT2D eigenvalue weighted by Gasteiger charge is -2.41. The summed E-state index contributed by atoms with van der Waals surface area (Å²) in [5.74, 6) is -1.19. The molecule has 1 aromatic heterocycles. The first-order valence-corrected chi connectivity index (χ1v) is 25.6. The number of aromatic nitrogens is 3. The maximum absolute atomic E-state index is 14.2. The molecule has 0 radical (unpaired) electrons. The van der Waals surface area contributed by atoms with Crippen molar-refractivity contribution in [3.05, 3.63) is 147 Å². The number of benzene rings is 4. The van der Waals surface area contributed by atoms with Crippen molar-refractivity contribution in [1.82, 2.24) is 45.0 Å². The number of anilines is 1. The van der Waals surface area contributed by atoms with E-state index in [9.17, 15) is 33.6 Å². The molecule has 3 heterocycles. The van der Waals surface area contributed by atoms with Gasteiger partial charge >= 0.3 is 17.4 Å². The average molecular weight is 1010 g/mol. The standard InChI is InChI=1S/C54H67N13O7/c55-27-13-14-28-59-51(72)62-50(56)58-29-15-24-44(49(71)57-30-31-65-52(73)66(38-16-3-1-4-17-38)67(53(65)74)39-18-5-2-6-19-39)60-45(68)36-54(25-11-12-26-54)37-46(69)63-32-34-64(35-33-63)47-40-20-7-8-21-41(40)48(70)61-43-23-10-9-22-42(43)47/h1-10,16-23,44,47H,11-15,24-37,55H2,(H,57,71)(H,60,68)(H,61,70)(H4,56,58,59,62,72)/t44-,47?/m0/s1. The van der Waals surface area contributed by atoms with E-state index < -0.39 is 34.8 Å². The topological polar surface area (TPSA) is 265 Å². The van der Waals surface area contributed by atoms with Crippen LogP contribution in [0, 0.1) is 5.41 Å². The SMILES string of the molecule is NCCCCNC(=O)NC(N)=NCCC[C@H](NC(=O)CC1(CC(=O)N2CCN(C3c4ccccc4NC(=O)c4ccccc43)CC2)CCCC1)C(=O)NCCn1c(=O)n(-c2ccccc2)n(-c2ccccc2)c1=O. The number of amides is 6. The van der Waals surface area contributed by atoms with Crippen molar-refractivity contribution in [3.63, 3.8) is 0 Å². The minimum absolute atomic E-state index is 0.0249. The zero-order valence-electron chi connectivity index (χ0n) is 41.7. The Morgan fingerprint density at radius 2 is 1.34 bits per heavy atom. The molecular weight excluding hydrogens is 943 g/mol. The van der Waals surface area contributed by atoms with Crippen LogP contribution in [0.2, 0.25) is 0 Å². The second kappa shape index (κ2) is 24.7. The molecule has 8 rings (SSSR count). The van der Waals surface area contributed by atoms with Gasteiger partial charge in [0, 0.05) is 76.5 Å². The van der Waals surface area contributed by atoms with E-state index in [1.807, 2.05) is 65.6 Å². The van der Waals surface area contributed by atoms with Gasteiger partial charge in [0.1, 0.15) is 6.04 Å². The molecule has 9 N–H and O–H groups in total. The van der Waals surface area contributed by atoms with Crippen LogP contribution < -0.4 is 49.4 Å². The fourth-order valence-electron chi connectivity index (χ4n) is 10.4. The molecule has 4 aromatic carbocycles. The molecule has 2 fully saturated rings. The molecular formula is C54H67N13O7. The van der Waals surface area contributed by atoms with Crippen LogP contribution in [-0.4, -0.2) is 118 Å². The van der Waals surface area contributed by atoms with Gasteiger partial charge in [-0.1, -0.05) is 85.6 Å². The zero-order valence-corrected chi connectivity index (χ0v) is 41.7. The first-order chi connectivity index (χ1) is 35.9. The van der Waals surface area contributed by atoms with E-state index >= 15 is 0 Å². The predicted molar refractivity (Wildman–Crippen MR) is 282 cm³/mol. The quantitative estimate of drug-likeness (QED) is 0.0340. The number of para-hydroxylation sites is 3. The van der Waals surface area contributed by atoms with Crippen LogP contribution in [0.4, 0.5) is 10.5 Å². The second-order valence-corrected chi connectivity index (χ2v) is 19.2. The molecule has 3 aliphatic rings. The van der Waals surface area contributed by atoms with E-state index in [1.165, 1.54) is 9.36 Å². The van der Waals surface area contributed by atoms with Crippen LogP contribution in [-0.2, 0) is 20.9 Å². The van der Waals surface area contributed by atoms with Gasteiger partial charge in [0.15, 0.2) is 5.96 Å². The van der Waals surface area contributed by atoms with Crippen molar-refractivity contribution < 1.29 is 24.0 Å². The Morgan fingerprint density at radius 1 is 0.716 bits per heavy atom. The summed E-state index contributed by atoms with van der Waals surface area (Å²) in [6.45, 7) is 2.94. The first kappa shape index (κ1) is 52.5. The van der Waals surface area contributed by atoms with Gasteiger partial charge in [-0.25, -0.2) is 19.0 Å². The molecule has 0 bridgehead atoms. The van der Waals surface area contributed by atoms with Crippen LogP contribution >= 0.6 is 0 Å². The summed E-state index contributed by atoms with van der Waals surface area (Å²) in [7, 11) is 0. The summed E-state index contributed by atoms with van der Waals surface area (Å²) in [5, 5.41) is 14.0. The lowest BCUT2D eigenvalue weighted by Crippen LogP contribution is -2.51. The largest absolute Gasteiger partial charge is 0.370 e. The fraction of sp³-hybridized carbons (Fsp3) is 0.407. The van der Waals surface area contributed by atoms with E-state index in [2.05, 4.69) is 36.5 Å². The molecule has 1 aliphatic carbocycles. The van der Waals surface area contributed by atoms with Crippen molar-refractivity contribution in [2.45, 2.75) is 82.8 Å². The third-order valence-electron chi connectivity index (χ3n) is 14.2. The minimum atomic E-state index is -1.05. The molecule has 1 saturated carbocycles. The Hall–Kier alpha value is -7.84. The number of nitrogens with two attached hydrogens (primary N) is 2. The Kier molecular flexibility index (Phi) is 17.5. The van der Waals surface area contributed by atoms with Gasteiger partial charge in [-0.05, 0) is 98.0 Å². The van der Waals surface area contributed by atoms with E-state index in [0.717, 1.165) is 40.6 Å². The summed E-state index contributed by atoms with van der Waals surface area (Å²) in [4.78, 5) is 104. The van der Waals surface area contributed by atoms with E-state index in [-0.39, 0.29) is 68.6 Å². The summed E-state index contributed by atoms with van der Waals surface area (Å²) >= 11 is 0. The number of piperazine rings is 1. The number of rotatable bonds is 20. The van der Waals surface area contributed by atoms with Gasteiger partial charge < -0.3 is 37.6 Å². The van der Waals surface area contributed by atoms with Crippen LogP contribution in [0.5, 0.6) is 0 Å². The molecule has 6 amide bonds. The van der Waals surface area contributed by atoms with Crippen molar-refractivity contribution >= 4 is 41.3 Å². The molecule has 1 unspecified atom stereocenters. The number of fused-ring (bicyclic) bond motifs is 2. The number of nitrogens with zero attached hydrogens (tertiary/aromatic N) is 6. The Morgan fingerprint density at radius 3 is 2.00 bits per heavy atom. The zero-order chi connectivity index (χ0) is 52.0. The Balaban J connectivity index is 0.923. The van der Waals surface area contributed by atoms with Crippen LogP contribution in [0.3, 0.4) is 0 Å². The van der Waals surface area contributed by atoms with Gasteiger partial charge in [0.05, 0.1) is 17.4 Å². The highest BCUT2D eigenvalue weighted by molar-refractivity contribution is 6.07. The number of carbonyl (C=O) groups is 5. The number of nitrogens with one attached hydrogen (secondary N) is 5. The van der Waals surface area contributed by atoms with Crippen molar-refractivity contribution in [2.75, 3.05) is 57.7 Å². The lowest BCUT2D eigenvalue weighted by atomic mass is 9.78. The highest BCUT2D eigenvalue weighted by atomic mass is 16.2. The summed E-state index contributed by atoms with van der Waals surface area (Å²) in [6.07, 6.45) is 5.21. The number of urea groups is 1. The third-order valence-corrected chi connectivity index (χ3v) is 14.2. The molecule has 1 saturated heterocycles. The molecule has 20 nitrogen and oxygen atoms in total. The highest BCUT2D eigenvalue weighted by Gasteiger charge is 2.41. The average Bonchev–Trinajstić information content (AvgIpc) is 3.93. The van der Waals surface area contributed by atoms with Crippen molar-refractivity contribution in [3.8, 4) is 11.4 Å². The molecule has 2 aliphatic heterocycles. The summed E-state index contributed by atoms with van der Waals surface area (Å²) in [5.41, 5.74) is 14.0. The van der Waals surface area contributed by atoms with Crippen LogP contribution in [0.25, 0.3) is 11.4 Å². The third kappa shape index (κ3) is 12.7. The maximum atomic E-state index is 14.2. The fourth-order valence-corrected chi connectivity index (χ4v) is 10.4. The molecule has 20 heteroatoms. The Bertz CT molecular complexity index is 2850. The lowest BCUT2D eigenvalue weighted by molar-refractivity contribution is -0.137. The van der Waals surface area contributed by atoms with E-state index in [0.29, 0.717) is 81.9 Å². The number of unbranched alkanes of at least 4 members (excludes halogenated alkanes) is 1. The molecule has 2 atom stereocenters. The number of carbonyl (C=O) groups excluding carboxylic acids is 5.